The molecule has 1 fully saturated rings. The van der Waals surface area contributed by atoms with Gasteiger partial charge in [0.05, 0.1) is 19.8 Å². The monoisotopic (exact) mass is 183 g/mol. The van der Waals surface area contributed by atoms with Gasteiger partial charge in [0.2, 0.25) is 5.95 Å². The minimum Gasteiger partial charge on any atom is -0.379 e. The fourth-order valence-corrected chi connectivity index (χ4v) is 1.35. The summed E-state index contributed by atoms with van der Waals surface area (Å²) < 4.78 is 5.23. The van der Waals surface area contributed by atoms with Gasteiger partial charge in [-0.25, -0.2) is 0 Å². The molecule has 1 aliphatic heterocycles. The lowest BCUT2D eigenvalue weighted by Crippen LogP contribution is -2.35. The molecule has 13 heavy (non-hydrogen) atoms. The van der Waals surface area contributed by atoms with Crippen LogP contribution in [-0.4, -0.2) is 46.4 Å². The van der Waals surface area contributed by atoms with Crippen LogP contribution in [0.25, 0.3) is 0 Å². The zero-order valence-corrected chi connectivity index (χ0v) is 7.36. The number of nitrogens with two attached hydrogens (primary N) is 1. The van der Waals surface area contributed by atoms with E-state index in [0.29, 0.717) is 5.95 Å². The quantitative estimate of drug-likeness (QED) is 0.628. The smallest absolute Gasteiger partial charge is 0.239 e. The molecule has 6 nitrogen and oxygen atoms in total. The number of nitrogens with zero attached hydrogens (tertiary/aromatic N) is 3. The van der Waals surface area contributed by atoms with Crippen LogP contribution >= 0.6 is 0 Å². The van der Waals surface area contributed by atoms with Gasteiger partial charge in [-0.1, -0.05) is 0 Å². The molecule has 1 aliphatic rings. The van der Waals surface area contributed by atoms with Gasteiger partial charge in [-0.05, 0) is 0 Å². The summed E-state index contributed by atoms with van der Waals surface area (Å²) in [7, 11) is 0. The van der Waals surface area contributed by atoms with E-state index in [2.05, 4.69) is 20.1 Å². The third-order valence-corrected chi connectivity index (χ3v) is 2.03. The average Bonchev–Trinajstić information content (AvgIpc) is 2.53. The van der Waals surface area contributed by atoms with Gasteiger partial charge in [-0.2, -0.15) is 4.98 Å². The van der Waals surface area contributed by atoms with Gasteiger partial charge >= 0.3 is 0 Å². The van der Waals surface area contributed by atoms with Gasteiger partial charge in [-0.3, -0.25) is 10.00 Å². The standard InChI is InChI=1S/C7H13N5O/c8-7-9-6(10-11-7)5-12-1-3-13-4-2-12/h1-5H2,(H3,8,9,10,11). The molecule has 2 rings (SSSR count). The molecule has 0 saturated carbocycles. The highest BCUT2D eigenvalue weighted by molar-refractivity contribution is 5.12. The Morgan fingerprint density at radius 1 is 1.46 bits per heavy atom. The van der Waals surface area contributed by atoms with Crippen LogP contribution in [0.3, 0.4) is 0 Å². The maximum Gasteiger partial charge on any atom is 0.239 e. The molecular weight excluding hydrogens is 170 g/mol. The largest absolute Gasteiger partial charge is 0.379 e. The van der Waals surface area contributed by atoms with E-state index in [1.807, 2.05) is 0 Å². The second kappa shape index (κ2) is 3.71. The predicted molar refractivity (Wildman–Crippen MR) is 46.9 cm³/mol. The van der Waals surface area contributed by atoms with Crippen molar-refractivity contribution in [3.63, 3.8) is 0 Å². The molecule has 0 amide bonds. The van der Waals surface area contributed by atoms with Crippen LogP contribution in [0.15, 0.2) is 0 Å². The minimum atomic E-state index is 0.309. The highest BCUT2D eigenvalue weighted by atomic mass is 16.5. The lowest BCUT2D eigenvalue weighted by atomic mass is 10.4. The molecule has 0 bridgehead atoms. The van der Waals surface area contributed by atoms with E-state index < -0.39 is 0 Å². The highest BCUT2D eigenvalue weighted by Crippen LogP contribution is 2.02. The zero-order valence-electron chi connectivity index (χ0n) is 7.36. The lowest BCUT2D eigenvalue weighted by Gasteiger charge is -2.25. The Morgan fingerprint density at radius 3 is 2.85 bits per heavy atom. The van der Waals surface area contributed by atoms with E-state index in [1.54, 1.807) is 0 Å². The van der Waals surface area contributed by atoms with Crippen molar-refractivity contribution >= 4 is 5.95 Å². The first-order valence-corrected chi connectivity index (χ1v) is 4.31. The number of ether oxygens (including phenoxy) is 1. The molecule has 0 aromatic carbocycles. The number of rotatable bonds is 2. The zero-order chi connectivity index (χ0) is 9.10. The van der Waals surface area contributed by atoms with E-state index in [1.165, 1.54) is 0 Å². The molecule has 1 aromatic rings. The Morgan fingerprint density at radius 2 is 2.23 bits per heavy atom. The van der Waals surface area contributed by atoms with Gasteiger partial charge < -0.3 is 10.5 Å². The van der Waals surface area contributed by atoms with Crippen LogP contribution in [0.1, 0.15) is 5.82 Å². The van der Waals surface area contributed by atoms with Crippen molar-refractivity contribution in [3.8, 4) is 0 Å². The number of aromatic nitrogens is 3. The van der Waals surface area contributed by atoms with Gasteiger partial charge in [0.15, 0.2) is 0 Å². The number of hydrogen-bond acceptors (Lipinski definition) is 5. The molecule has 1 aromatic heterocycles. The van der Waals surface area contributed by atoms with Crippen molar-refractivity contribution in [2.75, 3.05) is 32.0 Å². The topological polar surface area (TPSA) is 80.1 Å². The summed E-state index contributed by atoms with van der Waals surface area (Å²) in [5, 5.41) is 6.55. The summed E-state index contributed by atoms with van der Waals surface area (Å²) in [6.07, 6.45) is 0. The van der Waals surface area contributed by atoms with E-state index in [4.69, 9.17) is 10.5 Å². The second-order valence-electron chi connectivity index (χ2n) is 3.03. The summed E-state index contributed by atoms with van der Waals surface area (Å²) in [4.78, 5) is 6.29. The number of hydrogen-bond donors (Lipinski definition) is 2. The summed E-state index contributed by atoms with van der Waals surface area (Å²) in [6, 6.07) is 0. The minimum absolute atomic E-state index is 0.309. The molecule has 0 radical (unpaired) electrons. The van der Waals surface area contributed by atoms with E-state index in [0.717, 1.165) is 38.7 Å². The Hall–Kier alpha value is -1.14. The van der Waals surface area contributed by atoms with Gasteiger partial charge in [0, 0.05) is 13.1 Å². The summed E-state index contributed by atoms with van der Waals surface area (Å²) in [6.45, 7) is 4.25. The van der Waals surface area contributed by atoms with Crippen LogP contribution in [0.4, 0.5) is 5.95 Å². The van der Waals surface area contributed by atoms with Crippen molar-refractivity contribution in [3.05, 3.63) is 5.82 Å². The predicted octanol–water partition coefficient (Wildman–Crippen LogP) is -0.781. The molecule has 0 spiro atoms. The first-order chi connectivity index (χ1) is 6.34. The Balaban J connectivity index is 1.89. The molecule has 1 saturated heterocycles. The van der Waals surface area contributed by atoms with Gasteiger partial charge in [0.25, 0.3) is 0 Å². The van der Waals surface area contributed by atoms with Gasteiger partial charge in [0.1, 0.15) is 5.82 Å². The number of nitrogens with one attached hydrogen (secondary N) is 1. The third-order valence-electron chi connectivity index (χ3n) is 2.03. The fourth-order valence-electron chi connectivity index (χ4n) is 1.35. The maximum absolute atomic E-state index is 5.39. The Bertz CT molecular complexity index is 268. The second-order valence-corrected chi connectivity index (χ2v) is 3.03. The van der Waals surface area contributed by atoms with Crippen molar-refractivity contribution in [1.82, 2.24) is 20.1 Å². The number of H-pyrrole nitrogens is 1. The number of aromatic amines is 1. The SMILES string of the molecule is Nc1n[nH]c(CN2CCOCC2)n1. The molecule has 2 heterocycles. The van der Waals surface area contributed by atoms with Crippen LogP contribution in [0.5, 0.6) is 0 Å². The Kier molecular flexibility index (Phi) is 2.42. The first-order valence-electron chi connectivity index (χ1n) is 4.31. The lowest BCUT2D eigenvalue weighted by molar-refractivity contribution is 0.0331. The van der Waals surface area contributed by atoms with Crippen LogP contribution in [-0.2, 0) is 11.3 Å². The van der Waals surface area contributed by atoms with Crippen molar-refractivity contribution in [2.24, 2.45) is 0 Å². The maximum atomic E-state index is 5.39. The molecule has 0 unspecified atom stereocenters. The van der Waals surface area contributed by atoms with Crippen molar-refractivity contribution in [1.29, 1.82) is 0 Å². The molecule has 6 heteroatoms. The summed E-state index contributed by atoms with van der Waals surface area (Å²) in [5.41, 5.74) is 5.39. The molecule has 3 N–H and O–H groups in total. The molecular formula is C7H13N5O. The number of anilines is 1. The Labute approximate surface area is 76.1 Å². The van der Waals surface area contributed by atoms with E-state index in [-0.39, 0.29) is 0 Å². The van der Waals surface area contributed by atoms with Crippen LogP contribution in [0, 0.1) is 0 Å². The van der Waals surface area contributed by atoms with Crippen LogP contribution in [0.2, 0.25) is 0 Å². The molecule has 0 aliphatic carbocycles. The fraction of sp³-hybridized carbons (Fsp3) is 0.714. The van der Waals surface area contributed by atoms with Gasteiger partial charge in [-0.15, -0.1) is 5.10 Å². The van der Waals surface area contributed by atoms with Crippen LogP contribution < -0.4 is 5.73 Å². The number of morpholine rings is 1. The summed E-state index contributed by atoms with van der Waals surface area (Å²) >= 11 is 0. The summed E-state index contributed by atoms with van der Waals surface area (Å²) in [5.74, 6) is 1.13. The average molecular weight is 183 g/mol. The number of nitrogen functional groups attached to an aromatic ring is 1. The van der Waals surface area contributed by atoms with E-state index in [9.17, 15) is 0 Å². The van der Waals surface area contributed by atoms with Crippen molar-refractivity contribution < 1.29 is 4.74 Å². The molecule has 72 valence electrons. The third kappa shape index (κ3) is 2.16. The molecule has 0 atom stereocenters. The van der Waals surface area contributed by atoms with E-state index >= 15 is 0 Å². The van der Waals surface area contributed by atoms with Crippen molar-refractivity contribution in [2.45, 2.75) is 6.54 Å². The normalized spacial score (nSPS) is 19.1. The first kappa shape index (κ1) is 8.46. The highest BCUT2D eigenvalue weighted by Gasteiger charge is 2.12.